The van der Waals surface area contributed by atoms with Gasteiger partial charge in [-0.1, -0.05) is 140 Å². The minimum atomic E-state index is -0.603. The summed E-state index contributed by atoms with van der Waals surface area (Å²) < 4.78 is 2.71. The van der Waals surface area contributed by atoms with Crippen LogP contribution in [0, 0.1) is 0 Å². The highest BCUT2D eigenvalue weighted by Gasteiger charge is 2.23. The maximum absolute atomic E-state index is 2.43. The van der Waals surface area contributed by atoms with Crippen LogP contribution in [0.1, 0.15) is 0 Å². The Morgan fingerprint density at radius 3 is 1.67 bits per heavy atom. The summed E-state index contributed by atoms with van der Waals surface area (Å²) in [6.07, 6.45) is 0. The molecule has 196 valence electrons. The first kappa shape index (κ1) is 24.1. The summed E-state index contributed by atoms with van der Waals surface area (Å²) in [6, 6.07) is 56.3. The maximum Gasteiger partial charge on any atom is 0.0368 e. The van der Waals surface area contributed by atoms with Gasteiger partial charge in [0.15, 0.2) is 0 Å². The van der Waals surface area contributed by atoms with Gasteiger partial charge in [-0.05, 0) is 80.1 Å². The van der Waals surface area contributed by atoms with Crippen LogP contribution < -0.4 is 15.9 Å². The fraction of sp³-hybridized carbons (Fsp3) is 0. The lowest BCUT2D eigenvalue weighted by Gasteiger charge is -2.19. The summed E-state index contributed by atoms with van der Waals surface area (Å²) in [5.74, 6) is 0. The van der Waals surface area contributed by atoms with E-state index in [9.17, 15) is 0 Å². The molecule has 0 N–H and O–H groups in total. The van der Waals surface area contributed by atoms with Crippen molar-refractivity contribution >= 4 is 66.1 Å². The summed E-state index contributed by atoms with van der Waals surface area (Å²) in [7, 11) is -0.603. The Balaban J connectivity index is 1.15. The third kappa shape index (κ3) is 3.64. The predicted molar refractivity (Wildman–Crippen MR) is 185 cm³/mol. The number of benzene rings is 7. The highest BCUT2D eigenvalue weighted by atomic mass is 32.1. The molecular formula is C40H25PS. The third-order valence-corrected chi connectivity index (χ3v) is 12.1. The lowest BCUT2D eigenvalue weighted by atomic mass is 9.97. The summed E-state index contributed by atoms with van der Waals surface area (Å²) in [4.78, 5) is 0. The van der Waals surface area contributed by atoms with E-state index in [1.807, 2.05) is 11.3 Å². The number of hydrogen-bond acceptors (Lipinski definition) is 1. The smallest absolute Gasteiger partial charge is 0.0368 e. The van der Waals surface area contributed by atoms with E-state index in [4.69, 9.17) is 0 Å². The van der Waals surface area contributed by atoms with Crippen molar-refractivity contribution in [2.24, 2.45) is 0 Å². The van der Waals surface area contributed by atoms with Crippen LogP contribution in [0.5, 0.6) is 0 Å². The molecule has 1 aliphatic rings. The Bertz CT molecular complexity index is 2240. The van der Waals surface area contributed by atoms with Gasteiger partial charge in [-0.3, -0.25) is 0 Å². The number of thiophene rings is 1. The summed E-state index contributed by atoms with van der Waals surface area (Å²) in [6.45, 7) is 0. The van der Waals surface area contributed by atoms with E-state index in [0.29, 0.717) is 0 Å². The summed E-state index contributed by atoms with van der Waals surface area (Å²) in [5.41, 5.74) is 7.98. The molecule has 8 aromatic rings. The second-order valence-corrected chi connectivity index (χ2v) is 14.2. The van der Waals surface area contributed by atoms with Gasteiger partial charge in [-0.15, -0.1) is 11.3 Å². The van der Waals surface area contributed by atoms with E-state index >= 15 is 0 Å². The zero-order valence-electron chi connectivity index (χ0n) is 22.8. The van der Waals surface area contributed by atoms with Gasteiger partial charge in [0.2, 0.25) is 0 Å². The van der Waals surface area contributed by atoms with Crippen molar-refractivity contribution in [3.05, 3.63) is 152 Å². The number of fused-ring (bicyclic) bond motifs is 7. The van der Waals surface area contributed by atoms with Gasteiger partial charge in [0.05, 0.1) is 0 Å². The Labute approximate surface area is 250 Å². The third-order valence-electron chi connectivity index (χ3n) is 8.59. The fourth-order valence-corrected chi connectivity index (χ4v) is 10.2. The molecule has 2 heteroatoms. The van der Waals surface area contributed by atoms with Crippen molar-refractivity contribution in [2.75, 3.05) is 0 Å². The van der Waals surface area contributed by atoms with Gasteiger partial charge >= 0.3 is 0 Å². The van der Waals surface area contributed by atoms with Crippen LogP contribution in [-0.4, -0.2) is 0 Å². The van der Waals surface area contributed by atoms with Crippen molar-refractivity contribution in [3.63, 3.8) is 0 Å². The van der Waals surface area contributed by atoms with Gasteiger partial charge in [0.25, 0.3) is 0 Å². The quantitative estimate of drug-likeness (QED) is 0.185. The van der Waals surface area contributed by atoms with Gasteiger partial charge in [0, 0.05) is 20.2 Å². The molecule has 0 spiro atoms. The predicted octanol–water partition coefficient (Wildman–Crippen LogP) is 10.3. The number of hydrogen-bond donors (Lipinski definition) is 0. The summed E-state index contributed by atoms with van der Waals surface area (Å²) >= 11 is 1.92. The maximum atomic E-state index is 2.43. The van der Waals surface area contributed by atoms with Gasteiger partial charge in [-0.25, -0.2) is 0 Å². The molecular weight excluding hydrogens is 543 g/mol. The molecule has 7 aromatic carbocycles. The Morgan fingerprint density at radius 2 is 0.952 bits per heavy atom. The average molecular weight is 569 g/mol. The molecule has 42 heavy (non-hydrogen) atoms. The standard InChI is InChI=1S/C40H25PS/c1-3-10-28(11-4-1)41(29-12-5-2-6-13-29)30-21-18-26(19-22-30)27-20-23-34-37(24-27)42-38-25-36-32-15-8-7-14-31(32)33-16-9-17-35(39(33)36)40(34)38/h1-25H. The number of rotatable bonds is 4. The molecule has 9 rings (SSSR count). The molecule has 0 saturated carbocycles. The first-order valence-corrected chi connectivity index (χ1v) is 16.5. The molecule has 0 aliphatic heterocycles. The van der Waals surface area contributed by atoms with Gasteiger partial charge < -0.3 is 0 Å². The second-order valence-electron chi connectivity index (χ2n) is 10.9. The molecule has 0 fully saturated rings. The van der Waals surface area contributed by atoms with Crippen molar-refractivity contribution in [1.29, 1.82) is 0 Å². The molecule has 0 unspecified atom stereocenters. The molecule has 0 amide bonds. The minimum absolute atomic E-state index is 0.603. The van der Waals surface area contributed by atoms with Crippen LogP contribution in [-0.2, 0) is 0 Å². The van der Waals surface area contributed by atoms with E-state index in [2.05, 4.69) is 152 Å². The topological polar surface area (TPSA) is 0 Å². The largest absolute Gasteiger partial charge is 0.135 e. The molecule has 0 radical (unpaired) electrons. The van der Waals surface area contributed by atoms with E-state index in [0.717, 1.165) is 0 Å². The van der Waals surface area contributed by atoms with Crippen LogP contribution in [0.15, 0.2) is 152 Å². The first-order chi connectivity index (χ1) is 20.8. The molecule has 1 heterocycles. The SMILES string of the molecule is c1ccc(P(c2ccccc2)c2ccc(-c3ccc4c(c3)sc3cc5c6c(cccc6c34)-c3ccccc3-5)cc2)cc1. The monoisotopic (exact) mass is 568 g/mol. The molecule has 0 nitrogen and oxygen atoms in total. The van der Waals surface area contributed by atoms with Crippen LogP contribution in [0.2, 0.25) is 0 Å². The van der Waals surface area contributed by atoms with Gasteiger partial charge in [-0.2, -0.15) is 0 Å². The van der Waals surface area contributed by atoms with Crippen LogP contribution in [0.4, 0.5) is 0 Å². The minimum Gasteiger partial charge on any atom is -0.135 e. The molecule has 0 bridgehead atoms. The van der Waals surface area contributed by atoms with Crippen molar-refractivity contribution < 1.29 is 0 Å². The Morgan fingerprint density at radius 1 is 0.357 bits per heavy atom. The van der Waals surface area contributed by atoms with Crippen molar-refractivity contribution in [1.82, 2.24) is 0 Å². The highest BCUT2D eigenvalue weighted by molar-refractivity contribution is 7.79. The van der Waals surface area contributed by atoms with Crippen molar-refractivity contribution in [3.8, 4) is 33.4 Å². The van der Waals surface area contributed by atoms with Crippen LogP contribution in [0.3, 0.4) is 0 Å². The van der Waals surface area contributed by atoms with E-state index < -0.39 is 7.92 Å². The highest BCUT2D eigenvalue weighted by Crippen LogP contribution is 2.51. The van der Waals surface area contributed by atoms with Crippen LogP contribution in [0.25, 0.3) is 64.3 Å². The van der Waals surface area contributed by atoms with E-state index in [1.165, 1.54) is 80.2 Å². The lowest BCUT2D eigenvalue weighted by Crippen LogP contribution is -2.20. The molecule has 0 atom stereocenters. The Kier molecular flexibility index (Phi) is 5.45. The Hall–Kier alpha value is -4.55. The fourth-order valence-electron chi connectivity index (χ4n) is 6.72. The van der Waals surface area contributed by atoms with Gasteiger partial charge in [0.1, 0.15) is 0 Å². The second kappa shape index (κ2) is 9.50. The zero-order valence-corrected chi connectivity index (χ0v) is 24.5. The lowest BCUT2D eigenvalue weighted by molar-refractivity contribution is 1.68. The van der Waals surface area contributed by atoms with Crippen molar-refractivity contribution in [2.45, 2.75) is 0 Å². The van der Waals surface area contributed by atoms with E-state index in [1.54, 1.807) is 0 Å². The summed E-state index contributed by atoms with van der Waals surface area (Å²) in [5, 5.41) is 9.65. The normalized spacial score (nSPS) is 12.0. The molecule has 0 saturated heterocycles. The molecule has 1 aromatic heterocycles. The van der Waals surface area contributed by atoms with Crippen LogP contribution >= 0.6 is 19.3 Å². The first-order valence-electron chi connectivity index (χ1n) is 14.4. The average Bonchev–Trinajstić information content (AvgIpc) is 3.59. The zero-order chi connectivity index (χ0) is 27.6. The van der Waals surface area contributed by atoms with E-state index in [-0.39, 0.29) is 0 Å². The molecule has 1 aliphatic carbocycles.